The number of hydrogen-bond donors (Lipinski definition) is 0. The Morgan fingerprint density at radius 3 is 2.80 bits per heavy atom. The fraction of sp³-hybridized carbons (Fsp3) is 0.375. The molecule has 1 amide bonds. The summed E-state index contributed by atoms with van der Waals surface area (Å²) in [4.78, 5) is 33.6. The van der Waals surface area contributed by atoms with Crippen LogP contribution in [0.1, 0.15) is 23.6 Å². The lowest BCUT2D eigenvalue weighted by Crippen LogP contribution is -2.47. The van der Waals surface area contributed by atoms with Crippen molar-refractivity contribution in [1.29, 1.82) is 0 Å². The highest BCUT2D eigenvalue weighted by atomic mass is 16.2. The van der Waals surface area contributed by atoms with Gasteiger partial charge in [-0.3, -0.25) is 24.4 Å². The number of carbonyl (C=O) groups excluding carboxylic acids is 1. The zero-order chi connectivity index (χ0) is 20.5. The van der Waals surface area contributed by atoms with Crippen LogP contribution in [0.2, 0.25) is 0 Å². The Balaban J connectivity index is 1.22. The van der Waals surface area contributed by atoms with Crippen molar-refractivity contribution in [1.82, 2.24) is 14.4 Å². The molecule has 6 heteroatoms. The van der Waals surface area contributed by atoms with Crippen molar-refractivity contribution in [3.63, 3.8) is 0 Å². The number of fused-ring (bicyclic) bond motifs is 4. The van der Waals surface area contributed by atoms with Crippen LogP contribution >= 0.6 is 0 Å². The molecular weight excluding hydrogens is 376 g/mol. The van der Waals surface area contributed by atoms with Gasteiger partial charge in [-0.05, 0) is 18.4 Å². The molecule has 1 saturated heterocycles. The minimum atomic E-state index is -0.01000. The minimum absolute atomic E-state index is 0.01000. The van der Waals surface area contributed by atoms with E-state index in [0.717, 1.165) is 49.7 Å². The second kappa shape index (κ2) is 8.03. The number of amidine groups is 1. The van der Waals surface area contributed by atoms with Crippen LogP contribution in [0, 0.1) is 5.92 Å². The van der Waals surface area contributed by atoms with E-state index < -0.39 is 0 Å². The maximum Gasteiger partial charge on any atom is 0.251 e. The second-order valence-electron chi connectivity index (χ2n) is 8.38. The molecule has 0 radical (unpaired) electrons. The molecule has 3 aliphatic rings. The van der Waals surface area contributed by atoms with E-state index in [2.05, 4.69) is 16.0 Å². The normalized spacial score (nSPS) is 23.5. The van der Waals surface area contributed by atoms with Gasteiger partial charge in [0, 0.05) is 62.0 Å². The molecule has 1 fully saturated rings. The Hall–Kier alpha value is -2.99. The van der Waals surface area contributed by atoms with Crippen LogP contribution in [0.4, 0.5) is 0 Å². The van der Waals surface area contributed by atoms with Gasteiger partial charge in [-0.15, -0.1) is 0 Å². The van der Waals surface area contributed by atoms with Crippen molar-refractivity contribution in [3.8, 4) is 0 Å². The third-order valence-corrected chi connectivity index (χ3v) is 6.32. The number of rotatable bonds is 4. The first-order valence-electron chi connectivity index (χ1n) is 10.7. The zero-order valence-electron chi connectivity index (χ0n) is 17.0. The Labute approximate surface area is 176 Å². The summed E-state index contributed by atoms with van der Waals surface area (Å²) < 4.78 is 1.95. The minimum Gasteiger partial charge on any atom is -0.312 e. The van der Waals surface area contributed by atoms with Crippen molar-refractivity contribution >= 4 is 11.7 Å². The largest absolute Gasteiger partial charge is 0.312 e. The van der Waals surface area contributed by atoms with Crippen molar-refractivity contribution in [2.75, 3.05) is 32.7 Å². The van der Waals surface area contributed by atoms with Crippen molar-refractivity contribution in [3.05, 3.63) is 82.3 Å². The van der Waals surface area contributed by atoms with Crippen LogP contribution in [0.25, 0.3) is 0 Å². The molecule has 30 heavy (non-hydrogen) atoms. The molecule has 0 spiro atoms. The number of pyridine rings is 1. The Morgan fingerprint density at radius 2 is 1.93 bits per heavy atom. The van der Waals surface area contributed by atoms with Gasteiger partial charge in [0.1, 0.15) is 5.84 Å². The predicted octanol–water partition coefficient (Wildman–Crippen LogP) is 2.11. The first-order chi connectivity index (χ1) is 14.7. The van der Waals surface area contributed by atoms with Gasteiger partial charge >= 0.3 is 0 Å². The van der Waals surface area contributed by atoms with Crippen LogP contribution in [0.3, 0.4) is 0 Å². The van der Waals surface area contributed by atoms with Crippen molar-refractivity contribution < 1.29 is 4.79 Å². The van der Waals surface area contributed by atoms with Crippen molar-refractivity contribution in [2.45, 2.75) is 18.9 Å². The summed E-state index contributed by atoms with van der Waals surface area (Å²) in [5.41, 5.74) is 2.25. The van der Waals surface area contributed by atoms with E-state index in [1.54, 1.807) is 17.0 Å². The van der Waals surface area contributed by atoms with Gasteiger partial charge in [0.2, 0.25) is 0 Å². The average Bonchev–Trinajstić information content (AvgIpc) is 3.25. The molecule has 1 aromatic heterocycles. The fourth-order valence-corrected chi connectivity index (χ4v) is 5.03. The molecule has 2 atom stereocenters. The number of piperidine rings is 1. The predicted molar refractivity (Wildman–Crippen MR) is 117 cm³/mol. The van der Waals surface area contributed by atoms with Crippen LogP contribution in [-0.2, 0) is 11.3 Å². The van der Waals surface area contributed by atoms with Gasteiger partial charge in [-0.25, -0.2) is 0 Å². The summed E-state index contributed by atoms with van der Waals surface area (Å²) in [6.07, 6.45) is 4.81. The topological polar surface area (TPSA) is 57.9 Å². The lowest BCUT2D eigenvalue weighted by molar-refractivity contribution is -0.122. The average molecular weight is 402 g/mol. The van der Waals surface area contributed by atoms with Gasteiger partial charge in [0.15, 0.2) is 0 Å². The molecule has 0 aliphatic carbocycles. The molecule has 2 unspecified atom stereocenters. The van der Waals surface area contributed by atoms with Crippen LogP contribution < -0.4 is 5.56 Å². The standard InChI is InChI=1S/C24H26N4O2/c29-22(27-13-11-25-24(27)19-6-2-1-3-7-19)10-5-12-26-15-18-14-20(17-26)21-8-4-9-23(30)28(21)16-18/h1-10,18,20H,11-17H2. The van der Waals surface area contributed by atoms with E-state index in [-0.39, 0.29) is 11.5 Å². The first-order valence-corrected chi connectivity index (χ1v) is 10.7. The van der Waals surface area contributed by atoms with E-state index in [9.17, 15) is 9.59 Å². The summed E-state index contributed by atoms with van der Waals surface area (Å²) in [5.74, 6) is 1.64. The quantitative estimate of drug-likeness (QED) is 0.736. The summed E-state index contributed by atoms with van der Waals surface area (Å²) in [6, 6.07) is 15.5. The molecule has 2 aromatic rings. The monoisotopic (exact) mass is 402 g/mol. The molecule has 4 heterocycles. The van der Waals surface area contributed by atoms with Gasteiger partial charge < -0.3 is 4.57 Å². The van der Waals surface area contributed by atoms with E-state index in [0.29, 0.717) is 24.9 Å². The summed E-state index contributed by atoms with van der Waals surface area (Å²) in [6.45, 7) is 4.73. The molecule has 3 aliphatic heterocycles. The van der Waals surface area contributed by atoms with Gasteiger partial charge in [0.05, 0.1) is 6.54 Å². The number of likely N-dealkylation sites (tertiary alicyclic amines) is 1. The Bertz CT molecular complexity index is 1060. The molecule has 5 rings (SSSR count). The van der Waals surface area contributed by atoms with E-state index in [1.807, 2.05) is 47.0 Å². The lowest BCUT2D eigenvalue weighted by Gasteiger charge is -2.42. The van der Waals surface area contributed by atoms with Crippen LogP contribution in [-0.4, -0.2) is 58.8 Å². The van der Waals surface area contributed by atoms with Gasteiger partial charge in [-0.2, -0.15) is 0 Å². The maximum absolute atomic E-state index is 12.8. The first kappa shape index (κ1) is 19.0. The number of amides is 1. The van der Waals surface area contributed by atoms with Crippen molar-refractivity contribution in [2.24, 2.45) is 10.9 Å². The third kappa shape index (κ3) is 3.63. The van der Waals surface area contributed by atoms with E-state index in [4.69, 9.17) is 0 Å². The highest BCUT2D eigenvalue weighted by Crippen LogP contribution is 2.34. The SMILES string of the molecule is O=C(C=CCN1CC2CC(C1)c1cccc(=O)n1C2)N1CCN=C1c1ccccc1. The van der Waals surface area contributed by atoms with E-state index in [1.165, 1.54) is 0 Å². The molecule has 1 aromatic carbocycles. The van der Waals surface area contributed by atoms with Crippen LogP contribution in [0.15, 0.2) is 70.5 Å². The number of benzene rings is 1. The molecule has 6 nitrogen and oxygen atoms in total. The van der Waals surface area contributed by atoms with Gasteiger partial charge in [-0.1, -0.05) is 42.5 Å². The Morgan fingerprint density at radius 1 is 1.07 bits per heavy atom. The zero-order valence-corrected chi connectivity index (χ0v) is 17.0. The third-order valence-electron chi connectivity index (χ3n) is 6.32. The highest BCUT2D eigenvalue weighted by molar-refractivity contribution is 6.11. The maximum atomic E-state index is 12.8. The highest BCUT2D eigenvalue weighted by Gasteiger charge is 2.34. The lowest BCUT2D eigenvalue weighted by atomic mass is 9.83. The number of aliphatic imine (C=N–C) groups is 1. The second-order valence-corrected chi connectivity index (χ2v) is 8.38. The summed E-state index contributed by atoms with van der Waals surface area (Å²) in [7, 11) is 0. The number of hydrogen-bond acceptors (Lipinski definition) is 4. The Kier molecular flexibility index (Phi) is 5.09. The molecule has 0 N–H and O–H groups in total. The van der Waals surface area contributed by atoms with Gasteiger partial charge in [0.25, 0.3) is 11.5 Å². The molecule has 0 saturated carbocycles. The van der Waals surface area contributed by atoms with Crippen LogP contribution in [0.5, 0.6) is 0 Å². The van der Waals surface area contributed by atoms with E-state index >= 15 is 0 Å². The smallest absolute Gasteiger partial charge is 0.251 e. The molecular formula is C24H26N4O2. The fourth-order valence-electron chi connectivity index (χ4n) is 5.03. The number of nitrogens with zero attached hydrogens (tertiary/aromatic N) is 4. The summed E-state index contributed by atoms with van der Waals surface area (Å²) >= 11 is 0. The molecule has 154 valence electrons. The number of carbonyl (C=O) groups is 1. The summed E-state index contributed by atoms with van der Waals surface area (Å²) in [5, 5.41) is 0. The molecule has 2 bridgehead atoms. The number of aromatic nitrogens is 1.